The fraction of sp³-hybridized carbons (Fsp3) is 0.167. The lowest BCUT2D eigenvalue weighted by Crippen LogP contribution is -2.23. The number of carbonyl (C=O) groups is 1. The number of rotatable bonds is 5. The molecule has 0 radical (unpaired) electrons. The van der Waals surface area contributed by atoms with Gasteiger partial charge in [-0.1, -0.05) is 6.58 Å². The smallest absolute Gasteiger partial charge is 0.255 e. The summed E-state index contributed by atoms with van der Waals surface area (Å²) in [5.41, 5.74) is 1.31. The van der Waals surface area contributed by atoms with E-state index in [-0.39, 0.29) is 11.3 Å². The van der Waals surface area contributed by atoms with Gasteiger partial charge in [0.2, 0.25) is 0 Å². The van der Waals surface area contributed by atoms with Gasteiger partial charge in [-0.3, -0.25) is 4.79 Å². The van der Waals surface area contributed by atoms with Crippen LogP contribution in [0.15, 0.2) is 49.6 Å². The Morgan fingerprint density at radius 1 is 1.19 bits per heavy atom. The van der Waals surface area contributed by atoms with E-state index in [1.165, 1.54) is 23.1 Å². The SMILES string of the molecule is C=C(NC(=O)c1cc(F)cc(C2CC2)c1)c1ncnn1-c1ncccn1. The minimum Gasteiger partial charge on any atom is -0.319 e. The largest absolute Gasteiger partial charge is 0.319 e. The summed E-state index contributed by atoms with van der Waals surface area (Å²) in [6, 6.07) is 6.08. The highest BCUT2D eigenvalue weighted by molar-refractivity contribution is 5.99. The highest BCUT2D eigenvalue weighted by Gasteiger charge is 2.25. The predicted molar refractivity (Wildman–Crippen MR) is 91.8 cm³/mol. The molecule has 1 aliphatic carbocycles. The van der Waals surface area contributed by atoms with E-state index < -0.39 is 11.7 Å². The van der Waals surface area contributed by atoms with Crippen LogP contribution < -0.4 is 5.32 Å². The number of halogens is 1. The van der Waals surface area contributed by atoms with Gasteiger partial charge in [0.15, 0.2) is 5.82 Å². The summed E-state index contributed by atoms with van der Waals surface area (Å²) in [5.74, 6) is 0.0604. The van der Waals surface area contributed by atoms with Crippen LogP contribution in [0.1, 0.15) is 40.5 Å². The number of aromatic nitrogens is 5. The molecule has 2 heterocycles. The van der Waals surface area contributed by atoms with Crippen LogP contribution in [0.2, 0.25) is 0 Å². The van der Waals surface area contributed by atoms with Gasteiger partial charge in [-0.25, -0.2) is 19.3 Å². The second kappa shape index (κ2) is 6.47. The van der Waals surface area contributed by atoms with Crippen LogP contribution in [-0.2, 0) is 0 Å². The standard InChI is InChI=1S/C18H15FN6O/c1-11(16-22-10-23-25(16)18-20-5-2-6-21-18)24-17(26)14-7-13(12-3-4-12)8-15(19)9-14/h2,5-10,12H,1,3-4H2,(H,24,26). The molecule has 1 saturated carbocycles. The maximum atomic E-state index is 13.8. The van der Waals surface area contributed by atoms with Gasteiger partial charge in [-0.05, 0) is 48.6 Å². The molecule has 1 N–H and O–H groups in total. The summed E-state index contributed by atoms with van der Waals surface area (Å²) in [6.07, 6.45) is 6.51. The Kier molecular flexibility index (Phi) is 4.00. The van der Waals surface area contributed by atoms with Crippen LogP contribution in [0.25, 0.3) is 11.6 Å². The number of hydrogen-bond acceptors (Lipinski definition) is 5. The molecule has 1 aliphatic rings. The number of benzene rings is 1. The maximum Gasteiger partial charge on any atom is 0.255 e. The summed E-state index contributed by atoms with van der Waals surface area (Å²) < 4.78 is 15.2. The second-order valence-corrected chi connectivity index (χ2v) is 6.02. The zero-order valence-corrected chi connectivity index (χ0v) is 13.8. The topological polar surface area (TPSA) is 85.6 Å². The van der Waals surface area contributed by atoms with Crippen molar-refractivity contribution < 1.29 is 9.18 Å². The van der Waals surface area contributed by atoms with Crippen molar-refractivity contribution >= 4 is 11.6 Å². The molecule has 1 aromatic carbocycles. The van der Waals surface area contributed by atoms with Crippen molar-refractivity contribution in [2.24, 2.45) is 0 Å². The third-order valence-electron chi connectivity index (χ3n) is 4.05. The van der Waals surface area contributed by atoms with Crippen molar-refractivity contribution in [3.05, 3.63) is 72.3 Å². The molecule has 7 nitrogen and oxygen atoms in total. The molecule has 0 unspecified atom stereocenters. The second-order valence-electron chi connectivity index (χ2n) is 6.02. The van der Waals surface area contributed by atoms with Gasteiger partial charge in [0.05, 0.1) is 5.70 Å². The van der Waals surface area contributed by atoms with Gasteiger partial charge in [0, 0.05) is 18.0 Å². The highest BCUT2D eigenvalue weighted by Crippen LogP contribution is 2.40. The summed E-state index contributed by atoms with van der Waals surface area (Å²) in [7, 11) is 0. The average molecular weight is 350 g/mol. The summed E-state index contributed by atoms with van der Waals surface area (Å²) in [4.78, 5) is 24.8. The summed E-state index contributed by atoms with van der Waals surface area (Å²) >= 11 is 0. The molecule has 0 bridgehead atoms. The van der Waals surface area contributed by atoms with Crippen LogP contribution in [-0.4, -0.2) is 30.6 Å². The van der Waals surface area contributed by atoms with E-state index in [0.29, 0.717) is 17.7 Å². The monoisotopic (exact) mass is 350 g/mol. The molecular formula is C18H15FN6O. The van der Waals surface area contributed by atoms with Crippen molar-refractivity contribution in [1.29, 1.82) is 0 Å². The van der Waals surface area contributed by atoms with Crippen LogP contribution in [0.5, 0.6) is 0 Å². The first-order valence-corrected chi connectivity index (χ1v) is 8.10. The van der Waals surface area contributed by atoms with E-state index in [9.17, 15) is 9.18 Å². The fourth-order valence-corrected chi connectivity index (χ4v) is 2.66. The van der Waals surface area contributed by atoms with E-state index in [1.807, 2.05) is 0 Å². The van der Waals surface area contributed by atoms with Crippen molar-refractivity contribution in [2.45, 2.75) is 18.8 Å². The Morgan fingerprint density at radius 2 is 1.96 bits per heavy atom. The van der Waals surface area contributed by atoms with E-state index >= 15 is 0 Å². The van der Waals surface area contributed by atoms with E-state index in [1.54, 1.807) is 24.5 Å². The van der Waals surface area contributed by atoms with Crippen LogP contribution in [0, 0.1) is 5.82 Å². The van der Waals surface area contributed by atoms with Gasteiger partial charge in [-0.15, -0.1) is 0 Å². The zero-order valence-electron chi connectivity index (χ0n) is 13.8. The highest BCUT2D eigenvalue weighted by atomic mass is 19.1. The molecule has 0 atom stereocenters. The minimum atomic E-state index is -0.458. The van der Waals surface area contributed by atoms with Crippen LogP contribution in [0.4, 0.5) is 4.39 Å². The lowest BCUT2D eigenvalue weighted by atomic mass is 10.1. The molecule has 0 aliphatic heterocycles. The number of hydrogen-bond donors (Lipinski definition) is 1. The number of amides is 1. The molecule has 0 spiro atoms. The Bertz CT molecular complexity index is 980. The van der Waals surface area contributed by atoms with E-state index in [4.69, 9.17) is 0 Å². The van der Waals surface area contributed by atoms with Crippen molar-refractivity contribution in [2.75, 3.05) is 0 Å². The summed E-state index contributed by atoms with van der Waals surface area (Å²) in [5, 5.41) is 6.70. The molecule has 1 amide bonds. The number of nitrogens with zero attached hydrogens (tertiary/aromatic N) is 5. The third kappa shape index (κ3) is 3.21. The van der Waals surface area contributed by atoms with Crippen molar-refractivity contribution in [3.63, 3.8) is 0 Å². The normalized spacial score (nSPS) is 13.4. The Morgan fingerprint density at radius 3 is 2.69 bits per heavy atom. The minimum absolute atomic E-state index is 0.220. The van der Waals surface area contributed by atoms with Crippen molar-refractivity contribution in [3.8, 4) is 5.95 Å². The Balaban J connectivity index is 1.56. The molecule has 130 valence electrons. The van der Waals surface area contributed by atoms with Gasteiger partial charge in [0.1, 0.15) is 12.1 Å². The van der Waals surface area contributed by atoms with Gasteiger partial charge in [-0.2, -0.15) is 9.78 Å². The van der Waals surface area contributed by atoms with Gasteiger partial charge >= 0.3 is 0 Å². The van der Waals surface area contributed by atoms with Gasteiger partial charge in [0.25, 0.3) is 11.9 Å². The van der Waals surface area contributed by atoms with Crippen LogP contribution in [0.3, 0.4) is 0 Å². The van der Waals surface area contributed by atoms with Crippen molar-refractivity contribution in [1.82, 2.24) is 30.0 Å². The molecule has 0 saturated heterocycles. The quantitative estimate of drug-likeness (QED) is 0.764. The molecule has 1 fully saturated rings. The van der Waals surface area contributed by atoms with Crippen LogP contribution >= 0.6 is 0 Å². The molecule has 8 heteroatoms. The fourth-order valence-electron chi connectivity index (χ4n) is 2.66. The third-order valence-corrected chi connectivity index (χ3v) is 4.05. The maximum absolute atomic E-state index is 13.8. The lowest BCUT2D eigenvalue weighted by molar-refractivity contribution is 0.0973. The molecule has 26 heavy (non-hydrogen) atoms. The number of carbonyl (C=O) groups excluding carboxylic acids is 1. The Hall–Kier alpha value is -3.42. The Labute approximate surface area is 148 Å². The molecule has 2 aromatic heterocycles. The molecular weight excluding hydrogens is 335 g/mol. The molecule has 3 aromatic rings. The first kappa shape index (κ1) is 16.1. The number of nitrogens with one attached hydrogen (secondary N) is 1. The first-order chi connectivity index (χ1) is 12.6. The lowest BCUT2D eigenvalue weighted by Gasteiger charge is -2.10. The molecule has 4 rings (SSSR count). The summed E-state index contributed by atoms with van der Waals surface area (Å²) in [6.45, 7) is 3.84. The average Bonchev–Trinajstić information content (AvgIpc) is 3.38. The first-order valence-electron chi connectivity index (χ1n) is 8.10. The van der Waals surface area contributed by atoms with Gasteiger partial charge < -0.3 is 5.32 Å². The van der Waals surface area contributed by atoms with E-state index in [0.717, 1.165) is 18.4 Å². The predicted octanol–water partition coefficient (Wildman–Crippen LogP) is 2.47. The zero-order chi connectivity index (χ0) is 18.1. The van der Waals surface area contributed by atoms with E-state index in [2.05, 4.69) is 31.9 Å².